The largest absolute Gasteiger partial charge is 0.480 e. The monoisotopic (exact) mass is 285 g/mol. The maximum absolute atomic E-state index is 11.7. The fraction of sp³-hybridized carbons (Fsp3) is 0.583. The van der Waals surface area contributed by atoms with Crippen LogP contribution in [0.4, 0.5) is 4.79 Å². The van der Waals surface area contributed by atoms with E-state index in [9.17, 15) is 9.59 Å². The Hall–Kier alpha value is -1.63. The van der Waals surface area contributed by atoms with Gasteiger partial charge in [0.15, 0.2) is 0 Å². The van der Waals surface area contributed by atoms with Gasteiger partial charge >= 0.3 is 12.0 Å². The molecule has 1 aromatic heterocycles. The summed E-state index contributed by atoms with van der Waals surface area (Å²) in [6.45, 7) is 5.91. The van der Waals surface area contributed by atoms with Gasteiger partial charge in [-0.3, -0.25) is 0 Å². The summed E-state index contributed by atoms with van der Waals surface area (Å²) in [6.07, 6.45) is 0.686. The van der Waals surface area contributed by atoms with Gasteiger partial charge in [-0.2, -0.15) is 0 Å². The summed E-state index contributed by atoms with van der Waals surface area (Å²) in [6, 6.07) is -1.34. The van der Waals surface area contributed by atoms with Gasteiger partial charge in [-0.1, -0.05) is 20.3 Å². The van der Waals surface area contributed by atoms with Crippen LogP contribution in [0.2, 0.25) is 0 Å². The number of thiazole rings is 1. The zero-order valence-electron chi connectivity index (χ0n) is 11.3. The summed E-state index contributed by atoms with van der Waals surface area (Å²) >= 11 is 1.46. The van der Waals surface area contributed by atoms with E-state index in [-0.39, 0.29) is 5.92 Å². The molecule has 106 valence electrons. The molecule has 1 aromatic rings. The Morgan fingerprint density at radius 3 is 2.68 bits per heavy atom. The van der Waals surface area contributed by atoms with Crippen LogP contribution in [0.1, 0.15) is 30.8 Å². The maximum Gasteiger partial charge on any atom is 0.326 e. The van der Waals surface area contributed by atoms with Crippen LogP contribution in [-0.4, -0.2) is 28.1 Å². The Labute approximate surface area is 116 Å². The van der Waals surface area contributed by atoms with Gasteiger partial charge in [-0.25, -0.2) is 14.6 Å². The average Bonchev–Trinajstić information content (AvgIpc) is 2.77. The van der Waals surface area contributed by atoms with E-state index in [0.29, 0.717) is 13.0 Å². The number of carbonyl (C=O) groups is 2. The third-order valence-electron chi connectivity index (χ3n) is 3.02. The number of amides is 2. The van der Waals surface area contributed by atoms with Crippen LogP contribution in [0.5, 0.6) is 0 Å². The van der Waals surface area contributed by atoms with Gasteiger partial charge in [0.2, 0.25) is 0 Å². The Kier molecular flexibility index (Phi) is 5.75. The minimum atomic E-state index is -1.02. The molecule has 0 unspecified atom stereocenters. The van der Waals surface area contributed by atoms with Gasteiger partial charge in [-0.05, 0) is 12.8 Å². The number of aryl methyl sites for hydroxylation is 1. The second-order valence-corrected chi connectivity index (χ2v) is 5.33. The van der Waals surface area contributed by atoms with E-state index in [1.807, 2.05) is 13.8 Å². The predicted molar refractivity (Wildman–Crippen MR) is 73.1 cm³/mol. The van der Waals surface area contributed by atoms with Gasteiger partial charge in [-0.15, -0.1) is 11.3 Å². The SMILES string of the molecule is CC[C@H](C)[C@H](NC(=O)NCc1scnc1C)C(=O)O. The summed E-state index contributed by atoms with van der Waals surface area (Å²) in [4.78, 5) is 27.8. The van der Waals surface area contributed by atoms with Gasteiger partial charge in [0, 0.05) is 4.88 Å². The standard InChI is InChI=1S/C12H19N3O3S/c1-4-7(2)10(11(16)17)15-12(18)13-5-9-8(3)14-6-19-9/h6-7,10H,4-5H2,1-3H3,(H,16,17)(H2,13,15,18)/t7-,10-/m0/s1. The first-order chi connectivity index (χ1) is 8.95. The molecule has 0 aromatic carbocycles. The summed E-state index contributed by atoms with van der Waals surface area (Å²) in [7, 11) is 0. The molecule has 1 heterocycles. The summed E-state index contributed by atoms with van der Waals surface area (Å²) in [5.74, 6) is -1.13. The smallest absolute Gasteiger partial charge is 0.326 e. The molecule has 3 N–H and O–H groups in total. The molecule has 6 nitrogen and oxygen atoms in total. The van der Waals surface area contributed by atoms with Crippen molar-refractivity contribution >= 4 is 23.3 Å². The quantitative estimate of drug-likeness (QED) is 0.742. The fourth-order valence-corrected chi connectivity index (χ4v) is 2.25. The summed E-state index contributed by atoms with van der Waals surface area (Å²) in [5.41, 5.74) is 2.59. The zero-order valence-corrected chi connectivity index (χ0v) is 12.1. The van der Waals surface area contributed by atoms with Crippen molar-refractivity contribution in [3.8, 4) is 0 Å². The lowest BCUT2D eigenvalue weighted by molar-refractivity contribution is -0.140. The molecule has 0 saturated heterocycles. The molecule has 2 atom stereocenters. The summed E-state index contributed by atoms with van der Waals surface area (Å²) in [5, 5.41) is 14.2. The third-order valence-corrected chi connectivity index (χ3v) is 3.96. The minimum Gasteiger partial charge on any atom is -0.480 e. The number of hydrogen-bond acceptors (Lipinski definition) is 4. The van der Waals surface area contributed by atoms with Crippen LogP contribution in [0.25, 0.3) is 0 Å². The lowest BCUT2D eigenvalue weighted by Crippen LogP contribution is -2.48. The minimum absolute atomic E-state index is 0.117. The highest BCUT2D eigenvalue weighted by Crippen LogP contribution is 2.11. The molecule has 0 aliphatic carbocycles. The number of aliphatic carboxylic acids is 1. The molecule has 0 aliphatic rings. The summed E-state index contributed by atoms with van der Waals surface area (Å²) < 4.78 is 0. The number of carboxylic acid groups (broad SMARTS) is 1. The van der Waals surface area contributed by atoms with E-state index in [1.165, 1.54) is 11.3 Å². The van der Waals surface area contributed by atoms with Crippen molar-refractivity contribution in [3.05, 3.63) is 16.1 Å². The van der Waals surface area contributed by atoms with E-state index >= 15 is 0 Å². The van der Waals surface area contributed by atoms with Crippen LogP contribution in [0.15, 0.2) is 5.51 Å². The average molecular weight is 285 g/mol. The van der Waals surface area contributed by atoms with E-state index in [2.05, 4.69) is 15.6 Å². The third kappa shape index (κ3) is 4.51. The van der Waals surface area contributed by atoms with E-state index in [4.69, 9.17) is 5.11 Å². The Morgan fingerprint density at radius 1 is 1.53 bits per heavy atom. The molecule has 7 heteroatoms. The molecule has 0 aliphatic heterocycles. The molecule has 1 rings (SSSR count). The highest BCUT2D eigenvalue weighted by Gasteiger charge is 2.25. The first-order valence-electron chi connectivity index (χ1n) is 6.11. The van der Waals surface area contributed by atoms with E-state index in [0.717, 1.165) is 10.6 Å². The topological polar surface area (TPSA) is 91.3 Å². The lowest BCUT2D eigenvalue weighted by atomic mass is 9.99. The highest BCUT2D eigenvalue weighted by molar-refractivity contribution is 7.09. The van der Waals surface area contributed by atoms with Crippen LogP contribution in [-0.2, 0) is 11.3 Å². The van der Waals surface area contributed by atoms with Crippen molar-refractivity contribution in [3.63, 3.8) is 0 Å². The molecular formula is C12H19N3O3S. The molecule has 0 fully saturated rings. The second kappa shape index (κ2) is 7.08. The molecule has 2 amide bonds. The number of nitrogens with one attached hydrogen (secondary N) is 2. The first-order valence-corrected chi connectivity index (χ1v) is 6.99. The number of urea groups is 1. The van der Waals surface area contributed by atoms with Crippen LogP contribution in [0, 0.1) is 12.8 Å². The van der Waals surface area contributed by atoms with Crippen molar-refractivity contribution in [2.45, 2.75) is 39.8 Å². The zero-order chi connectivity index (χ0) is 14.4. The van der Waals surface area contributed by atoms with Crippen molar-refractivity contribution in [1.29, 1.82) is 0 Å². The van der Waals surface area contributed by atoms with Gasteiger partial charge in [0.1, 0.15) is 6.04 Å². The molecule has 0 spiro atoms. The number of hydrogen-bond donors (Lipinski definition) is 3. The second-order valence-electron chi connectivity index (χ2n) is 4.39. The van der Waals surface area contributed by atoms with E-state index in [1.54, 1.807) is 12.4 Å². The number of carbonyl (C=O) groups excluding carboxylic acids is 1. The highest BCUT2D eigenvalue weighted by atomic mass is 32.1. The van der Waals surface area contributed by atoms with Crippen LogP contribution >= 0.6 is 11.3 Å². The van der Waals surface area contributed by atoms with Crippen molar-refractivity contribution in [2.75, 3.05) is 0 Å². The predicted octanol–water partition coefficient (Wildman–Crippen LogP) is 1.75. The van der Waals surface area contributed by atoms with Gasteiger partial charge in [0.25, 0.3) is 0 Å². The Morgan fingerprint density at radius 2 is 2.21 bits per heavy atom. The van der Waals surface area contributed by atoms with Crippen molar-refractivity contribution in [2.24, 2.45) is 5.92 Å². The number of aromatic nitrogens is 1. The first kappa shape index (κ1) is 15.4. The molecule has 0 bridgehead atoms. The van der Waals surface area contributed by atoms with Gasteiger partial charge in [0.05, 0.1) is 17.7 Å². The maximum atomic E-state index is 11.7. The number of rotatable bonds is 6. The van der Waals surface area contributed by atoms with E-state index < -0.39 is 18.0 Å². The number of nitrogens with zero attached hydrogens (tertiary/aromatic N) is 1. The molecule has 0 saturated carbocycles. The molecule has 19 heavy (non-hydrogen) atoms. The lowest BCUT2D eigenvalue weighted by Gasteiger charge is -2.20. The van der Waals surface area contributed by atoms with Crippen molar-refractivity contribution < 1.29 is 14.7 Å². The normalized spacial score (nSPS) is 13.6. The van der Waals surface area contributed by atoms with Crippen molar-refractivity contribution in [1.82, 2.24) is 15.6 Å². The molecule has 0 radical (unpaired) electrons. The molecular weight excluding hydrogens is 266 g/mol. The van der Waals surface area contributed by atoms with Crippen LogP contribution < -0.4 is 10.6 Å². The Balaban J connectivity index is 2.49. The number of carboxylic acids is 1. The van der Waals surface area contributed by atoms with Gasteiger partial charge < -0.3 is 15.7 Å². The Bertz CT molecular complexity index is 447. The fourth-order valence-electron chi connectivity index (χ4n) is 1.53. The van der Waals surface area contributed by atoms with Crippen LogP contribution in [0.3, 0.4) is 0 Å².